The summed E-state index contributed by atoms with van der Waals surface area (Å²) in [6.07, 6.45) is 0.571. The second-order valence-corrected chi connectivity index (χ2v) is 7.31. The molecule has 2 aromatic carbocycles. The highest BCUT2D eigenvalue weighted by molar-refractivity contribution is 6.30. The van der Waals surface area contributed by atoms with E-state index in [1.165, 1.54) is 18.2 Å². The molecule has 5 nitrogen and oxygen atoms in total. The molecule has 1 aliphatic heterocycles. The zero-order valence-electron chi connectivity index (χ0n) is 14.9. The van der Waals surface area contributed by atoms with E-state index < -0.39 is 5.41 Å². The molecule has 0 aromatic heterocycles. The van der Waals surface area contributed by atoms with Crippen LogP contribution in [0.2, 0.25) is 5.02 Å². The van der Waals surface area contributed by atoms with Crippen molar-refractivity contribution in [2.24, 2.45) is 5.41 Å². The Kier molecular flexibility index (Phi) is 5.77. The van der Waals surface area contributed by atoms with Crippen LogP contribution in [0.5, 0.6) is 0 Å². The molecule has 2 amide bonds. The van der Waals surface area contributed by atoms with E-state index in [4.69, 9.17) is 11.6 Å². The Balaban J connectivity index is 1.56. The molecule has 0 aliphatic carbocycles. The van der Waals surface area contributed by atoms with Crippen LogP contribution in [0.15, 0.2) is 42.5 Å². The fourth-order valence-corrected chi connectivity index (χ4v) is 3.22. The third-order valence-electron chi connectivity index (χ3n) is 4.74. The van der Waals surface area contributed by atoms with Gasteiger partial charge in [-0.05, 0) is 54.8 Å². The molecule has 3 N–H and O–H groups in total. The SMILES string of the molecule is Cc1cc(F)ccc1NC(=O)CNC(=O)C1(Cc2ccc(Cl)cc2)CNC1. The lowest BCUT2D eigenvalue weighted by Crippen LogP contribution is -2.63. The van der Waals surface area contributed by atoms with Crippen molar-refractivity contribution in [1.29, 1.82) is 0 Å². The van der Waals surface area contributed by atoms with E-state index >= 15 is 0 Å². The predicted octanol–water partition coefficient (Wildman–Crippen LogP) is 2.67. The molecule has 1 saturated heterocycles. The standard InChI is InChI=1S/C20H21ClFN3O2/c1-13-8-16(22)6-7-17(13)25-18(26)10-24-19(27)20(11-23-12-20)9-14-2-4-15(21)5-3-14/h2-8,23H,9-12H2,1H3,(H,24,27)(H,25,26). The average Bonchev–Trinajstić information content (AvgIpc) is 2.60. The fraction of sp³-hybridized carbons (Fsp3) is 0.300. The van der Waals surface area contributed by atoms with Crippen LogP contribution >= 0.6 is 11.6 Å². The second kappa shape index (κ2) is 8.06. The van der Waals surface area contributed by atoms with Crippen molar-refractivity contribution in [2.45, 2.75) is 13.3 Å². The zero-order valence-corrected chi connectivity index (χ0v) is 15.7. The summed E-state index contributed by atoms with van der Waals surface area (Å²) in [5.41, 5.74) is 1.59. The minimum Gasteiger partial charge on any atom is -0.346 e. The minimum atomic E-state index is -0.570. The topological polar surface area (TPSA) is 70.2 Å². The monoisotopic (exact) mass is 389 g/mol. The lowest BCUT2D eigenvalue weighted by molar-refractivity contribution is -0.135. The van der Waals surface area contributed by atoms with Gasteiger partial charge in [0, 0.05) is 23.8 Å². The maximum Gasteiger partial charge on any atom is 0.243 e. The van der Waals surface area contributed by atoms with E-state index in [2.05, 4.69) is 16.0 Å². The van der Waals surface area contributed by atoms with E-state index in [1.807, 2.05) is 12.1 Å². The van der Waals surface area contributed by atoms with Crippen molar-refractivity contribution in [1.82, 2.24) is 10.6 Å². The summed E-state index contributed by atoms with van der Waals surface area (Å²) in [6.45, 7) is 2.68. The number of benzene rings is 2. The Labute approximate surface area is 162 Å². The minimum absolute atomic E-state index is 0.141. The van der Waals surface area contributed by atoms with Gasteiger partial charge in [0.1, 0.15) is 5.82 Å². The van der Waals surface area contributed by atoms with Crippen LogP contribution < -0.4 is 16.0 Å². The third kappa shape index (κ3) is 4.64. The Morgan fingerprint density at radius 2 is 1.89 bits per heavy atom. The number of nitrogens with one attached hydrogen (secondary N) is 3. The van der Waals surface area contributed by atoms with Gasteiger partial charge >= 0.3 is 0 Å². The molecule has 3 rings (SSSR count). The first kappa shape index (κ1) is 19.3. The number of carbonyl (C=O) groups is 2. The van der Waals surface area contributed by atoms with Gasteiger partial charge in [-0.3, -0.25) is 9.59 Å². The zero-order chi connectivity index (χ0) is 19.4. The summed E-state index contributed by atoms with van der Waals surface area (Å²) in [6, 6.07) is 11.5. The molecule has 7 heteroatoms. The van der Waals surface area contributed by atoms with Crippen LogP contribution in [0, 0.1) is 18.2 Å². The van der Waals surface area contributed by atoms with Crippen LogP contribution in [-0.2, 0) is 16.0 Å². The van der Waals surface area contributed by atoms with Gasteiger partial charge in [0.05, 0.1) is 12.0 Å². The van der Waals surface area contributed by atoms with Crippen molar-refractivity contribution in [2.75, 3.05) is 25.0 Å². The summed E-state index contributed by atoms with van der Waals surface area (Å²) >= 11 is 5.91. The number of halogens is 2. The van der Waals surface area contributed by atoms with Gasteiger partial charge in [0.15, 0.2) is 0 Å². The van der Waals surface area contributed by atoms with Gasteiger partial charge < -0.3 is 16.0 Å². The molecule has 0 spiro atoms. The second-order valence-electron chi connectivity index (χ2n) is 6.88. The van der Waals surface area contributed by atoms with E-state index in [0.29, 0.717) is 35.8 Å². The number of carbonyl (C=O) groups excluding carboxylic acids is 2. The Bertz CT molecular complexity index is 851. The van der Waals surface area contributed by atoms with Gasteiger partial charge in [-0.15, -0.1) is 0 Å². The number of aryl methyl sites for hydroxylation is 1. The van der Waals surface area contributed by atoms with Gasteiger partial charge in [-0.2, -0.15) is 0 Å². The molecule has 1 heterocycles. The Morgan fingerprint density at radius 1 is 1.19 bits per heavy atom. The van der Waals surface area contributed by atoms with Crippen LogP contribution in [0.3, 0.4) is 0 Å². The lowest BCUT2D eigenvalue weighted by atomic mass is 9.75. The van der Waals surface area contributed by atoms with E-state index in [-0.39, 0.29) is 24.2 Å². The molecule has 1 aliphatic rings. The molecule has 0 unspecified atom stereocenters. The largest absolute Gasteiger partial charge is 0.346 e. The third-order valence-corrected chi connectivity index (χ3v) is 4.99. The maximum absolute atomic E-state index is 13.1. The molecule has 0 bridgehead atoms. The summed E-state index contributed by atoms with van der Waals surface area (Å²) in [5.74, 6) is -0.880. The molecule has 27 heavy (non-hydrogen) atoms. The average molecular weight is 390 g/mol. The van der Waals surface area contributed by atoms with Crippen LogP contribution in [0.1, 0.15) is 11.1 Å². The molecule has 0 saturated carbocycles. The van der Waals surface area contributed by atoms with Crippen LogP contribution in [0.25, 0.3) is 0 Å². The van der Waals surface area contributed by atoms with Crippen molar-refractivity contribution in [3.05, 3.63) is 64.4 Å². The van der Waals surface area contributed by atoms with Gasteiger partial charge in [-0.25, -0.2) is 4.39 Å². The number of anilines is 1. The van der Waals surface area contributed by atoms with Gasteiger partial charge in [-0.1, -0.05) is 23.7 Å². The number of hydrogen-bond donors (Lipinski definition) is 3. The van der Waals surface area contributed by atoms with E-state index in [1.54, 1.807) is 19.1 Å². The predicted molar refractivity (Wildman–Crippen MR) is 103 cm³/mol. The summed E-state index contributed by atoms with van der Waals surface area (Å²) in [5, 5.41) is 9.18. The molecule has 2 aromatic rings. The van der Waals surface area contributed by atoms with E-state index in [9.17, 15) is 14.0 Å². The quantitative estimate of drug-likeness (QED) is 0.711. The molecule has 0 radical (unpaired) electrons. The first-order valence-corrected chi connectivity index (χ1v) is 9.05. The highest BCUT2D eigenvalue weighted by Crippen LogP contribution is 2.28. The van der Waals surface area contributed by atoms with Crippen molar-refractivity contribution >= 4 is 29.1 Å². The molecular formula is C20H21ClFN3O2. The summed E-state index contributed by atoms with van der Waals surface area (Å²) in [7, 11) is 0. The fourth-order valence-electron chi connectivity index (χ4n) is 3.10. The molecule has 142 valence electrons. The van der Waals surface area contributed by atoms with Crippen molar-refractivity contribution in [3.8, 4) is 0 Å². The Morgan fingerprint density at radius 3 is 2.48 bits per heavy atom. The van der Waals surface area contributed by atoms with Crippen LogP contribution in [-0.4, -0.2) is 31.4 Å². The normalized spacial score (nSPS) is 14.9. The highest BCUT2D eigenvalue weighted by Gasteiger charge is 2.44. The van der Waals surface area contributed by atoms with Crippen LogP contribution in [0.4, 0.5) is 10.1 Å². The lowest BCUT2D eigenvalue weighted by Gasteiger charge is -2.41. The first-order valence-electron chi connectivity index (χ1n) is 8.67. The van der Waals surface area contributed by atoms with Crippen molar-refractivity contribution in [3.63, 3.8) is 0 Å². The smallest absolute Gasteiger partial charge is 0.243 e. The maximum atomic E-state index is 13.1. The van der Waals surface area contributed by atoms with E-state index in [0.717, 1.165) is 5.56 Å². The molecule has 1 fully saturated rings. The highest BCUT2D eigenvalue weighted by atomic mass is 35.5. The first-order chi connectivity index (χ1) is 12.9. The summed E-state index contributed by atoms with van der Waals surface area (Å²) in [4.78, 5) is 24.8. The van der Waals surface area contributed by atoms with Gasteiger partial charge in [0.2, 0.25) is 11.8 Å². The number of rotatable bonds is 6. The van der Waals surface area contributed by atoms with Crippen molar-refractivity contribution < 1.29 is 14.0 Å². The number of hydrogen-bond acceptors (Lipinski definition) is 3. The Hall–Kier alpha value is -2.44. The van der Waals surface area contributed by atoms with Gasteiger partial charge in [0.25, 0.3) is 0 Å². The number of amides is 2. The summed E-state index contributed by atoms with van der Waals surface area (Å²) < 4.78 is 13.1. The molecular weight excluding hydrogens is 369 g/mol. The molecule has 0 atom stereocenters.